The molecule has 2 amide bonds. The van der Waals surface area contributed by atoms with E-state index in [0.29, 0.717) is 29.5 Å². The summed E-state index contributed by atoms with van der Waals surface area (Å²) in [6, 6.07) is 11.7. The number of hydrogen-bond donors (Lipinski definition) is 3. The Morgan fingerprint density at radius 1 is 1.29 bits per heavy atom. The second-order valence-electron chi connectivity index (χ2n) is 7.66. The first kappa shape index (κ1) is 25.9. The number of aliphatic imine (C=N–C) groups is 1. The van der Waals surface area contributed by atoms with Crippen LogP contribution in [-0.4, -0.2) is 53.4 Å². The molecule has 3 rings (SSSR count). The van der Waals surface area contributed by atoms with E-state index < -0.39 is 23.7 Å². The Bertz CT molecular complexity index is 1150. The third kappa shape index (κ3) is 7.40. The highest BCUT2D eigenvalue weighted by Crippen LogP contribution is 2.28. The number of amides is 2. The molecule has 2 aromatic carbocycles. The SMILES string of the molecule is NC(/C=C\NCCCO)=NC(=O)C(Cc1ccccc1F)N1CC(Oc2ccccc2Cl)=CC1=O. The number of nitrogens with zero attached hydrogens (tertiary/aromatic N) is 2. The normalized spacial score (nSPS) is 14.8. The van der Waals surface area contributed by atoms with Crippen molar-refractivity contribution in [1.82, 2.24) is 10.2 Å². The monoisotopic (exact) mass is 500 g/mol. The number of aliphatic hydroxyl groups excluding tert-OH is 1. The predicted octanol–water partition coefficient (Wildman–Crippen LogP) is 2.56. The zero-order valence-electron chi connectivity index (χ0n) is 18.9. The second-order valence-corrected chi connectivity index (χ2v) is 8.07. The Morgan fingerprint density at radius 3 is 2.77 bits per heavy atom. The van der Waals surface area contributed by atoms with Crippen molar-refractivity contribution in [2.45, 2.75) is 18.9 Å². The maximum absolute atomic E-state index is 14.4. The Hall–Kier alpha value is -3.69. The van der Waals surface area contributed by atoms with Crippen molar-refractivity contribution in [1.29, 1.82) is 0 Å². The average Bonchev–Trinajstić information content (AvgIpc) is 3.19. The number of carbonyl (C=O) groups is 2. The van der Waals surface area contributed by atoms with Crippen molar-refractivity contribution < 1.29 is 23.8 Å². The van der Waals surface area contributed by atoms with Gasteiger partial charge in [0.05, 0.1) is 11.6 Å². The summed E-state index contributed by atoms with van der Waals surface area (Å²) >= 11 is 6.14. The molecule has 35 heavy (non-hydrogen) atoms. The first-order chi connectivity index (χ1) is 16.9. The molecule has 0 radical (unpaired) electrons. The smallest absolute Gasteiger partial charge is 0.270 e. The number of amidine groups is 1. The van der Waals surface area contributed by atoms with Gasteiger partial charge in [-0.25, -0.2) is 4.39 Å². The number of aliphatic hydroxyl groups is 1. The molecule has 8 nitrogen and oxygen atoms in total. The number of para-hydroxylation sites is 1. The summed E-state index contributed by atoms with van der Waals surface area (Å²) in [6.07, 6.45) is 4.62. The van der Waals surface area contributed by atoms with Crippen LogP contribution < -0.4 is 15.8 Å². The summed E-state index contributed by atoms with van der Waals surface area (Å²) in [7, 11) is 0. The lowest BCUT2D eigenvalue weighted by Crippen LogP contribution is -2.44. The maximum Gasteiger partial charge on any atom is 0.270 e. The molecule has 4 N–H and O–H groups in total. The van der Waals surface area contributed by atoms with Crippen LogP contribution in [0.1, 0.15) is 12.0 Å². The highest BCUT2D eigenvalue weighted by molar-refractivity contribution is 6.32. The molecule has 2 aromatic rings. The lowest BCUT2D eigenvalue weighted by Gasteiger charge is -2.25. The summed E-state index contributed by atoms with van der Waals surface area (Å²) < 4.78 is 20.1. The summed E-state index contributed by atoms with van der Waals surface area (Å²) in [6.45, 7) is 0.538. The molecule has 0 fully saturated rings. The molecule has 1 unspecified atom stereocenters. The fourth-order valence-electron chi connectivity index (χ4n) is 3.36. The predicted molar refractivity (Wildman–Crippen MR) is 131 cm³/mol. The van der Waals surface area contributed by atoms with Crippen LogP contribution in [0.4, 0.5) is 4.39 Å². The fraction of sp³-hybridized carbons (Fsp3) is 0.240. The van der Waals surface area contributed by atoms with Crippen molar-refractivity contribution in [2.75, 3.05) is 19.7 Å². The van der Waals surface area contributed by atoms with Gasteiger partial charge in [-0.3, -0.25) is 9.59 Å². The van der Waals surface area contributed by atoms with Crippen LogP contribution in [0, 0.1) is 5.82 Å². The van der Waals surface area contributed by atoms with Crippen molar-refractivity contribution >= 4 is 29.3 Å². The average molecular weight is 501 g/mol. The van der Waals surface area contributed by atoms with E-state index in [1.54, 1.807) is 42.5 Å². The van der Waals surface area contributed by atoms with Gasteiger partial charge in [0, 0.05) is 31.8 Å². The quantitative estimate of drug-likeness (QED) is 0.248. The van der Waals surface area contributed by atoms with Crippen LogP contribution in [0.15, 0.2) is 77.6 Å². The van der Waals surface area contributed by atoms with E-state index >= 15 is 0 Å². The minimum atomic E-state index is -1.11. The Labute approximate surface area is 207 Å². The molecular weight excluding hydrogens is 475 g/mol. The molecule has 184 valence electrons. The molecule has 0 spiro atoms. The van der Waals surface area contributed by atoms with Gasteiger partial charge in [0.15, 0.2) is 0 Å². The largest absolute Gasteiger partial charge is 0.458 e. The van der Waals surface area contributed by atoms with E-state index in [2.05, 4.69) is 10.3 Å². The van der Waals surface area contributed by atoms with Gasteiger partial charge in [0.25, 0.3) is 11.8 Å². The van der Waals surface area contributed by atoms with Crippen LogP contribution in [0.2, 0.25) is 5.02 Å². The molecule has 1 aliphatic rings. The molecule has 1 aliphatic heterocycles. The Balaban J connectivity index is 1.79. The van der Waals surface area contributed by atoms with Crippen LogP contribution >= 0.6 is 11.6 Å². The molecule has 1 heterocycles. The number of nitrogens with two attached hydrogens (primary N) is 1. The van der Waals surface area contributed by atoms with Gasteiger partial charge in [0.2, 0.25) is 0 Å². The summed E-state index contributed by atoms with van der Waals surface area (Å²) in [4.78, 5) is 31.1. The summed E-state index contributed by atoms with van der Waals surface area (Å²) in [5.74, 6) is -1.10. The Morgan fingerprint density at radius 2 is 2.03 bits per heavy atom. The number of benzene rings is 2. The molecular formula is C25H26ClFN4O4. The number of rotatable bonds is 11. The standard InChI is InChI=1S/C25H26ClFN4O4/c26-19-7-2-4-9-22(19)35-18-15-24(33)31(16-18)21(14-17-6-1-3-8-20(17)27)25(34)30-23(28)10-12-29-11-5-13-32/h1-4,6-10,12,15,21,29,32H,5,11,13-14,16H2,(H2,28,30,34)/b12-10-. The number of carbonyl (C=O) groups excluding carboxylic acids is 2. The molecule has 0 saturated carbocycles. The lowest BCUT2D eigenvalue weighted by molar-refractivity contribution is -0.134. The van der Waals surface area contributed by atoms with E-state index in [-0.39, 0.29) is 31.0 Å². The van der Waals surface area contributed by atoms with Crippen molar-refractivity contribution in [3.63, 3.8) is 0 Å². The van der Waals surface area contributed by atoms with Crippen molar-refractivity contribution in [3.8, 4) is 5.75 Å². The Kier molecular flexibility index (Phi) is 9.39. The molecule has 0 aliphatic carbocycles. The van der Waals surface area contributed by atoms with Crippen LogP contribution in [0.25, 0.3) is 0 Å². The topological polar surface area (TPSA) is 117 Å². The zero-order chi connectivity index (χ0) is 25.2. The summed E-state index contributed by atoms with van der Waals surface area (Å²) in [5.41, 5.74) is 6.11. The van der Waals surface area contributed by atoms with Gasteiger partial charge in [-0.1, -0.05) is 41.9 Å². The van der Waals surface area contributed by atoms with Gasteiger partial charge in [-0.15, -0.1) is 0 Å². The minimum absolute atomic E-state index is 0.0249. The number of hydrogen-bond acceptors (Lipinski definition) is 5. The third-order valence-electron chi connectivity index (χ3n) is 5.09. The first-order valence-electron chi connectivity index (χ1n) is 10.9. The van der Waals surface area contributed by atoms with E-state index in [4.69, 9.17) is 27.2 Å². The van der Waals surface area contributed by atoms with E-state index in [1.807, 2.05) is 0 Å². The van der Waals surface area contributed by atoms with E-state index in [0.717, 1.165) is 0 Å². The third-order valence-corrected chi connectivity index (χ3v) is 5.41. The maximum atomic E-state index is 14.4. The molecule has 1 atom stereocenters. The van der Waals surface area contributed by atoms with Crippen LogP contribution in [0.3, 0.4) is 0 Å². The van der Waals surface area contributed by atoms with Crippen molar-refractivity contribution in [3.05, 3.63) is 89.0 Å². The second kappa shape index (κ2) is 12.7. The number of ether oxygens (including phenoxy) is 1. The lowest BCUT2D eigenvalue weighted by atomic mass is 10.0. The van der Waals surface area contributed by atoms with Gasteiger partial charge in [-0.2, -0.15) is 4.99 Å². The molecule has 10 heteroatoms. The zero-order valence-corrected chi connectivity index (χ0v) is 19.6. The van der Waals surface area contributed by atoms with Crippen LogP contribution in [0.5, 0.6) is 5.75 Å². The molecule has 0 aromatic heterocycles. The highest BCUT2D eigenvalue weighted by Gasteiger charge is 2.35. The van der Waals surface area contributed by atoms with Crippen LogP contribution in [-0.2, 0) is 16.0 Å². The molecule has 0 saturated heterocycles. The highest BCUT2D eigenvalue weighted by atomic mass is 35.5. The van der Waals surface area contributed by atoms with Gasteiger partial charge in [-0.05, 0) is 36.3 Å². The number of halogens is 2. The van der Waals surface area contributed by atoms with E-state index in [9.17, 15) is 14.0 Å². The molecule has 0 bridgehead atoms. The van der Waals surface area contributed by atoms with Gasteiger partial charge >= 0.3 is 0 Å². The van der Waals surface area contributed by atoms with E-state index in [1.165, 1.54) is 29.3 Å². The number of nitrogens with one attached hydrogen (secondary N) is 1. The van der Waals surface area contributed by atoms with Gasteiger partial charge in [0.1, 0.15) is 29.2 Å². The first-order valence-corrected chi connectivity index (χ1v) is 11.3. The fourth-order valence-corrected chi connectivity index (χ4v) is 3.53. The minimum Gasteiger partial charge on any atom is -0.458 e. The summed E-state index contributed by atoms with van der Waals surface area (Å²) in [5, 5.41) is 12.1. The van der Waals surface area contributed by atoms with Crippen molar-refractivity contribution in [2.24, 2.45) is 10.7 Å². The van der Waals surface area contributed by atoms with Gasteiger partial charge < -0.3 is 25.8 Å².